The number of hydrogen-bond acceptors (Lipinski definition) is 3. The van der Waals surface area contributed by atoms with E-state index in [9.17, 15) is 0 Å². The van der Waals surface area contributed by atoms with Gasteiger partial charge in [0.2, 0.25) is 0 Å². The first-order valence-electron chi connectivity index (χ1n) is 7.74. The van der Waals surface area contributed by atoms with Crippen molar-refractivity contribution in [2.75, 3.05) is 20.7 Å². The number of hydrogen-bond donors (Lipinski definition) is 1. The number of aromatic nitrogens is 2. The normalized spacial score (nSPS) is 11.4. The number of nitrogens with one attached hydrogen (secondary N) is 1. The van der Waals surface area contributed by atoms with E-state index in [-0.39, 0.29) is 0 Å². The first-order chi connectivity index (χ1) is 11.1. The minimum atomic E-state index is 0.684. The molecule has 6 heteroatoms. The van der Waals surface area contributed by atoms with Crippen LogP contribution in [0.2, 0.25) is 0 Å². The highest BCUT2D eigenvalue weighted by molar-refractivity contribution is 5.79. The summed E-state index contributed by atoms with van der Waals surface area (Å²) in [5, 5.41) is 7.52. The molecule has 1 aromatic heterocycles. The molecule has 124 valence electrons. The Labute approximate surface area is 137 Å². The van der Waals surface area contributed by atoms with Crippen LogP contribution in [-0.2, 0) is 20.1 Å². The van der Waals surface area contributed by atoms with Gasteiger partial charge in [-0.1, -0.05) is 12.1 Å². The molecule has 1 aromatic carbocycles. The number of guanidine groups is 1. The van der Waals surface area contributed by atoms with Crippen molar-refractivity contribution in [2.24, 2.45) is 12.0 Å². The van der Waals surface area contributed by atoms with Crippen LogP contribution in [-0.4, -0.2) is 41.3 Å². The Morgan fingerprint density at radius 2 is 2.04 bits per heavy atom. The van der Waals surface area contributed by atoms with Gasteiger partial charge in [0.05, 0.1) is 18.8 Å². The Bertz CT molecular complexity index is 633. The van der Waals surface area contributed by atoms with Gasteiger partial charge in [0.25, 0.3) is 0 Å². The number of aliphatic imine (C=N–C) groups is 1. The van der Waals surface area contributed by atoms with Crippen LogP contribution < -0.4 is 10.1 Å². The average molecular weight is 315 g/mol. The maximum absolute atomic E-state index is 5.47. The lowest BCUT2D eigenvalue weighted by atomic mass is 10.2. The van der Waals surface area contributed by atoms with E-state index in [4.69, 9.17) is 4.74 Å². The van der Waals surface area contributed by atoms with E-state index in [1.807, 2.05) is 43.9 Å². The largest absolute Gasteiger partial charge is 0.494 e. The van der Waals surface area contributed by atoms with E-state index in [2.05, 4.69) is 32.4 Å². The van der Waals surface area contributed by atoms with Gasteiger partial charge in [0, 0.05) is 33.9 Å². The molecule has 6 nitrogen and oxygen atoms in total. The third kappa shape index (κ3) is 4.74. The van der Waals surface area contributed by atoms with Crippen LogP contribution in [0.3, 0.4) is 0 Å². The maximum atomic E-state index is 5.47. The van der Waals surface area contributed by atoms with Crippen LogP contribution in [0, 0.1) is 0 Å². The van der Waals surface area contributed by atoms with Gasteiger partial charge in [-0.25, -0.2) is 0 Å². The molecular weight excluding hydrogens is 290 g/mol. The van der Waals surface area contributed by atoms with E-state index in [1.54, 1.807) is 13.2 Å². The topological polar surface area (TPSA) is 54.7 Å². The van der Waals surface area contributed by atoms with Crippen molar-refractivity contribution in [3.8, 4) is 5.75 Å². The molecule has 23 heavy (non-hydrogen) atoms. The molecule has 1 heterocycles. The number of ether oxygens (including phenoxy) is 1. The molecule has 2 aromatic rings. The molecule has 0 unspecified atom stereocenters. The Kier molecular flexibility index (Phi) is 6.02. The Hall–Kier alpha value is -2.50. The van der Waals surface area contributed by atoms with Crippen molar-refractivity contribution in [3.05, 3.63) is 47.8 Å². The number of benzene rings is 1. The molecule has 0 bridgehead atoms. The van der Waals surface area contributed by atoms with Crippen LogP contribution in [0.25, 0.3) is 0 Å². The smallest absolute Gasteiger partial charge is 0.194 e. The van der Waals surface area contributed by atoms with Crippen LogP contribution in [0.4, 0.5) is 0 Å². The highest BCUT2D eigenvalue weighted by Crippen LogP contribution is 2.13. The second-order valence-electron chi connectivity index (χ2n) is 5.28. The van der Waals surface area contributed by atoms with E-state index in [1.165, 1.54) is 5.56 Å². The molecule has 0 saturated carbocycles. The van der Waals surface area contributed by atoms with E-state index in [0.717, 1.165) is 23.9 Å². The maximum Gasteiger partial charge on any atom is 0.194 e. The first kappa shape index (κ1) is 16.9. The predicted octanol–water partition coefficient (Wildman–Crippen LogP) is 2.03. The second kappa shape index (κ2) is 8.22. The summed E-state index contributed by atoms with van der Waals surface area (Å²) in [6.45, 7) is 4.14. The number of nitrogens with zero attached hydrogens (tertiary/aromatic N) is 4. The van der Waals surface area contributed by atoms with Crippen molar-refractivity contribution in [2.45, 2.75) is 20.0 Å². The molecule has 0 radical (unpaired) electrons. The molecule has 2 rings (SSSR count). The Balaban J connectivity index is 1.91. The molecule has 0 aliphatic heterocycles. The third-order valence-electron chi connectivity index (χ3n) is 3.58. The molecule has 0 aliphatic rings. The van der Waals surface area contributed by atoms with Gasteiger partial charge in [-0.15, -0.1) is 0 Å². The van der Waals surface area contributed by atoms with E-state index in [0.29, 0.717) is 13.2 Å². The summed E-state index contributed by atoms with van der Waals surface area (Å²) in [5.74, 6) is 1.75. The van der Waals surface area contributed by atoms with Crippen molar-refractivity contribution in [1.82, 2.24) is 20.0 Å². The van der Waals surface area contributed by atoms with Gasteiger partial charge in [-0.3, -0.25) is 9.67 Å². The number of rotatable bonds is 6. The summed E-state index contributed by atoms with van der Waals surface area (Å²) in [6, 6.07) is 10.1. The summed E-state index contributed by atoms with van der Waals surface area (Å²) in [7, 11) is 5.75. The molecule has 0 fully saturated rings. The SMILES string of the molecule is CCOc1ccc(CN(C)C(=NC)NCc2ccnn2C)cc1. The fourth-order valence-corrected chi connectivity index (χ4v) is 2.34. The summed E-state index contributed by atoms with van der Waals surface area (Å²) in [5.41, 5.74) is 2.32. The lowest BCUT2D eigenvalue weighted by molar-refractivity contribution is 0.340. The third-order valence-corrected chi connectivity index (χ3v) is 3.58. The van der Waals surface area contributed by atoms with E-state index >= 15 is 0 Å². The summed E-state index contributed by atoms with van der Waals surface area (Å²) in [6.07, 6.45) is 1.80. The Morgan fingerprint density at radius 3 is 2.61 bits per heavy atom. The summed E-state index contributed by atoms with van der Waals surface area (Å²) < 4.78 is 7.32. The lowest BCUT2D eigenvalue weighted by Gasteiger charge is -2.22. The molecule has 0 amide bonds. The highest BCUT2D eigenvalue weighted by Gasteiger charge is 2.08. The van der Waals surface area contributed by atoms with E-state index < -0.39 is 0 Å². The van der Waals surface area contributed by atoms with Crippen LogP contribution >= 0.6 is 0 Å². The van der Waals surface area contributed by atoms with Crippen molar-refractivity contribution < 1.29 is 4.74 Å². The molecule has 0 aliphatic carbocycles. The highest BCUT2D eigenvalue weighted by atomic mass is 16.5. The Morgan fingerprint density at radius 1 is 1.30 bits per heavy atom. The fraction of sp³-hybridized carbons (Fsp3) is 0.412. The number of aryl methyl sites for hydroxylation is 1. The quantitative estimate of drug-likeness (QED) is 0.654. The van der Waals surface area contributed by atoms with Gasteiger partial charge < -0.3 is 15.0 Å². The fourth-order valence-electron chi connectivity index (χ4n) is 2.34. The predicted molar refractivity (Wildman–Crippen MR) is 92.5 cm³/mol. The lowest BCUT2D eigenvalue weighted by Crippen LogP contribution is -2.38. The first-order valence-corrected chi connectivity index (χ1v) is 7.74. The minimum Gasteiger partial charge on any atom is -0.494 e. The van der Waals surface area contributed by atoms with Gasteiger partial charge in [-0.05, 0) is 30.7 Å². The van der Waals surface area contributed by atoms with Crippen LogP contribution in [0.15, 0.2) is 41.5 Å². The molecule has 0 atom stereocenters. The summed E-state index contributed by atoms with van der Waals surface area (Å²) in [4.78, 5) is 6.43. The summed E-state index contributed by atoms with van der Waals surface area (Å²) >= 11 is 0. The second-order valence-corrected chi connectivity index (χ2v) is 5.28. The molecule has 0 spiro atoms. The molecule has 0 saturated heterocycles. The van der Waals surface area contributed by atoms with Gasteiger partial charge in [0.15, 0.2) is 5.96 Å². The zero-order valence-corrected chi connectivity index (χ0v) is 14.3. The zero-order valence-electron chi connectivity index (χ0n) is 14.3. The molecule has 1 N–H and O–H groups in total. The standard InChI is InChI=1S/C17H25N5O/c1-5-23-16-8-6-14(7-9-16)13-21(3)17(18-2)19-12-15-10-11-20-22(15)4/h6-11H,5,12-13H2,1-4H3,(H,18,19). The van der Waals surface area contributed by atoms with Crippen LogP contribution in [0.5, 0.6) is 5.75 Å². The van der Waals surface area contributed by atoms with Crippen LogP contribution in [0.1, 0.15) is 18.2 Å². The van der Waals surface area contributed by atoms with Crippen molar-refractivity contribution >= 4 is 5.96 Å². The average Bonchev–Trinajstić information content (AvgIpc) is 2.95. The van der Waals surface area contributed by atoms with Gasteiger partial charge in [0.1, 0.15) is 5.75 Å². The van der Waals surface area contributed by atoms with Gasteiger partial charge >= 0.3 is 0 Å². The minimum absolute atomic E-state index is 0.684. The van der Waals surface area contributed by atoms with Crippen molar-refractivity contribution in [3.63, 3.8) is 0 Å². The zero-order chi connectivity index (χ0) is 16.7. The van der Waals surface area contributed by atoms with Gasteiger partial charge in [-0.2, -0.15) is 5.10 Å². The molecular formula is C17H25N5O. The monoisotopic (exact) mass is 315 g/mol. The van der Waals surface area contributed by atoms with Crippen molar-refractivity contribution in [1.29, 1.82) is 0 Å².